The van der Waals surface area contributed by atoms with Crippen molar-refractivity contribution in [3.8, 4) is 17.0 Å². The van der Waals surface area contributed by atoms with Gasteiger partial charge in [-0.1, -0.05) is 49.4 Å². The maximum Gasteiger partial charge on any atom is 0.263 e. The van der Waals surface area contributed by atoms with Gasteiger partial charge in [0.2, 0.25) is 0 Å². The third-order valence-electron chi connectivity index (χ3n) is 5.63. The zero-order valence-corrected chi connectivity index (χ0v) is 18.1. The second kappa shape index (κ2) is 9.60. The van der Waals surface area contributed by atoms with Gasteiger partial charge in [0.1, 0.15) is 5.75 Å². The lowest BCUT2D eigenvalue weighted by molar-refractivity contribution is -0.138. The van der Waals surface area contributed by atoms with Crippen LogP contribution in [0.5, 0.6) is 5.75 Å². The van der Waals surface area contributed by atoms with E-state index in [4.69, 9.17) is 4.74 Å². The highest BCUT2D eigenvalue weighted by molar-refractivity contribution is 5.81. The van der Waals surface area contributed by atoms with Crippen molar-refractivity contribution >= 4 is 11.7 Å². The predicted molar refractivity (Wildman–Crippen MR) is 122 cm³/mol. The summed E-state index contributed by atoms with van der Waals surface area (Å²) in [6, 6.07) is 21.9. The first-order valence-electron chi connectivity index (χ1n) is 10.8. The van der Waals surface area contributed by atoms with E-state index in [9.17, 15) is 4.79 Å². The average molecular weight is 417 g/mol. The van der Waals surface area contributed by atoms with Gasteiger partial charge >= 0.3 is 0 Å². The minimum absolute atomic E-state index is 0.0183. The van der Waals surface area contributed by atoms with E-state index in [2.05, 4.69) is 22.0 Å². The van der Waals surface area contributed by atoms with E-state index in [-0.39, 0.29) is 5.91 Å². The van der Waals surface area contributed by atoms with Gasteiger partial charge in [-0.15, -0.1) is 10.2 Å². The number of hydrogen-bond donors (Lipinski definition) is 0. The highest BCUT2D eigenvalue weighted by Crippen LogP contribution is 2.20. The van der Waals surface area contributed by atoms with E-state index in [0.29, 0.717) is 13.1 Å². The zero-order valence-electron chi connectivity index (χ0n) is 18.1. The Morgan fingerprint density at radius 2 is 1.65 bits per heavy atom. The first-order valence-corrected chi connectivity index (χ1v) is 10.8. The second-order valence-electron chi connectivity index (χ2n) is 7.71. The molecule has 1 saturated heterocycles. The highest BCUT2D eigenvalue weighted by atomic mass is 16.5. The lowest BCUT2D eigenvalue weighted by atomic mass is 10.1. The number of rotatable bonds is 6. The maximum atomic E-state index is 12.8. The fourth-order valence-electron chi connectivity index (χ4n) is 3.73. The van der Waals surface area contributed by atoms with Gasteiger partial charge in [-0.05, 0) is 43.2 Å². The van der Waals surface area contributed by atoms with Crippen molar-refractivity contribution in [1.82, 2.24) is 15.1 Å². The van der Waals surface area contributed by atoms with E-state index < -0.39 is 6.10 Å². The van der Waals surface area contributed by atoms with Crippen LogP contribution in [0, 0.1) is 0 Å². The Hall–Kier alpha value is -3.41. The lowest BCUT2D eigenvalue weighted by Crippen LogP contribution is -2.52. The van der Waals surface area contributed by atoms with Crippen LogP contribution < -0.4 is 9.64 Å². The molecule has 6 heteroatoms. The molecule has 31 heavy (non-hydrogen) atoms. The van der Waals surface area contributed by atoms with Crippen LogP contribution in [-0.2, 0) is 11.2 Å². The molecule has 1 aromatic heterocycles. The number of ether oxygens (including phenoxy) is 1. The molecule has 1 unspecified atom stereocenters. The molecular weight excluding hydrogens is 388 g/mol. The highest BCUT2D eigenvalue weighted by Gasteiger charge is 2.26. The predicted octanol–water partition coefficient (Wildman–Crippen LogP) is 3.82. The number of hydrogen-bond acceptors (Lipinski definition) is 5. The minimum atomic E-state index is -0.510. The summed E-state index contributed by atoms with van der Waals surface area (Å²) in [5, 5.41) is 8.77. The van der Waals surface area contributed by atoms with Crippen molar-refractivity contribution in [3.63, 3.8) is 0 Å². The molecule has 4 rings (SSSR count). The number of aromatic nitrogens is 2. The largest absolute Gasteiger partial charge is 0.481 e. The quantitative estimate of drug-likeness (QED) is 0.611. The summed E-state index contributed by atoms with van der Waals surface area (Å²) >= 11 is 0. The Bertz CT molecular complexity index is 982. The molecule has 0 radical (unpaired) electrons. The first-order chi connectivity index (χ1) is 15.1. The average Bonchev–Trinajstić information content (AvgIpc) is 2.85. The van der Waals surface area contributed by atoms with Crippen molar-refractivity contribution in [3.05, 3.63) is 72.3 Å². The molecule has 2 aromatic carbocycles. The Kier molecular flexibility index (Phi) is 6.46. The topological polar surface area (TPSA) is 58.6 Å². The van der Waals surface area contributed by atoms with Crippen molar-refractivity contribution < 1.29 is 9.53 Å². The van der Waals surface area contributed by atoms with Crippen LogP contribution in [-0.4, -0.2) is 53.3 Å². The summed E-state index contributed by atoms with van der Waals surface area (Å²) in [4.78, 5) is 16.9. The summed E-state index contributed by atoms with van der Waals surface area (Å²) in [5.41, 5.74) is 3.16. The number of aryl methyl sites for hydroxylation is 1. The number of amides is 1. The number of carbonyl (C=O) groups is 1. The monoisotopic (exact) mass is 416 g/mol. The van der Waals surface area contributed by atoms with Crippen LogP contribution in [0.4, 0.5) is 5.82 Å². The maximum absolute atomic E-state index is 12.8. The summed E-state index contributed by atoms with van der Waals surface area (Å²) < 4.78 is 5.87. The van der Waals surface area contributed by atoms with Crippen LogP contribution in [0.15, 0.2) is 66.7 Å². The Labute approximate surface area is 183 Å². The summed E-state index contributed by atoms with van der Waals surface area (Å²) in [7, 11) is 0. The lowest BCUT2D eigenvalue weighted by Gasteiger charge is -2.36. The third-order valence-corrected chi connectivity index (χ3v) is 5.63. The van der Waals surface area contributed by atoms with Crippen LogP contribution in [0.25, 0.3) is 11.3 Å². The molecule has 1 fully saturated rings. The summed E-state index contributed by atoms with van der Waals surface area (Å²) in [6.07, 6.45) is 0.474. The van der Waals surface area contributed by atoms with Crippen LogP contribution in [0.2, 0.25) is 0 Å². The normalized spacial score (nSPS) is 14.9. The molecule has 2 heterocycles. The van der Waals surface area contributed by atoms with Gasteiger partial charge < -0.3 is 14.5 Å². The number of carbonyl (C=O) groups excluding carboxylic acids is 1. The van der Waals surface area contributed by atoms with Gasteiger partial charge in [-0.3, -0.25) is 4.79 Å². The standard InChI is InChI=1S/C25H28N4O2/c1-3-20-9-11-22(12-10-20)31-19(2)25(30)29-17-15-28(16-18-29)24-14-13-23(26-27-24)21-7-5-4-6-8-21/h4-14,19H,3,15-18H2,1-2H3. The molecule has 3 aromatic rings. The molecule has 0 N–H and O–H groups in total. The Balaban J connectivity index is 1.31. The zero-order chi connectivity index (χ0) is 21.6. The number of benzene rings is 2. The van der Waals surface area contributed by atoms with Gasteiger partial charge in [0.15, 0.2) is 11.9 Å². The van der Waals surface area contributed by atoms with Crippen molar-refractivity contribution in [2.75, 3.05) is 31.1 Å². The van der Waals surface area contributed by atoms with E-state index in [1.807, 2.05) is 78.6 Å². The van der Waals surface area contributed by atoms with Crippen LogP contribution in [0.1, 0.15) is 19.4 Å². The van der Waals surface area contributed by atoms with Crippen LogP contribution in [0.3, 0.4) is 0 Å². The smallest absolute Gasteiger partial charge is 0.263 e. The van der Waals surface area contributed by atoms with E-state index in [1.165, 1.54) is 5.56 Å². The molecule has 0 aliphatic carbocycles. The van der Waals surface area contributed by atoms with E-state index in [0.717, 1.165) is 42.3 Å². The minimum Gasteiger partial charge on any atom is -0.481 e. The van der Waals surface area contributed by atoms with Gasteiger partial charge in [0, 0.05) is 31.7 Å². The molecule has 6 nitrogen and oxygen atoms in total. The van der Waals surface area contributed by atoms with Gasteiger partial charge in [0.25, 0.3) is 5.91 Å². The second-order valence-corrected chi connectivity index (χ2v) is 7.71. The Morgan fingerprint density at radius 1 is 0.935 bits per heavy atom. The van der Waals surface area contributed by atoms with Gasteiger partial charge in [-0.25, -0.2) is 0 Å². The van der Waals surface area contributed by atoms with E-state index in [1.54, 1.807) is 0 Å². The molecule has 1 aliphatic heterocycles. The van der Waals surface area contributed by atoms with Crippen molar-refractivity contribution in [1.29, 1.82) is 0 Å². The number of nitrogens with zero attached hydrogens (tertiary/aromatic N) is 4. The Morgan fingerprint density at radius 3 is 2.26 bits per heavy atom. The number of piperazine rings is 1. The fraction of sp³-hybridized carbons (Fsp3) is 0.320. The first kappa shape index (κ1) is 20.8. The van der Waals surface area contributed by atoms with E-state index >= 15 is 0 Å². The van der Waals surface area contributed by atoms with Gasteiger partial charge in [-0.2, -0.15) is 0 Å². The molecule has 1 amide bonds. The summed E-state index contributed by atoms with van der Waals surface area (Å²) in [6.45, 7) is 6.67. The molecular formula is C25H28N4O2. The molecule has 0 saturated carbocycles. The molecule has 0 bridgehead atoms. The van der Waals surface area contributed by atoms with Gasteiger partial charge in [0.05, 0.1) is 5.69 Å². The third kappa shape index (κ3) is 5.02. The SMILES string of the molecule is CCc1ccc(OC(C)C(=O)N2CCN(c3ccc(-c4ccccc4)nn3)CC2)cc1. The fourth-order valence-corrected chi connectivity index (χ4v) is 3.73. The van der Waals surface area contributed by atoms with Crippen molar-refractivity contribution in [2.45, 2.75) is 26.4 Å². The van der Waals surface area contributed by atoms with Crippen LogP contribution >= 0.6 is 0 Å². The number of anilines is 1. The molecule has 0 spiro atoms. The summed E-state index contributed by atoms with van der Waals surface area (Å²) in [5.74, 6) is 1.59. The molecule has 160 valence electrons. The molecule has 1 aliphatic rings. The molecule has 1 atom stereocenters. The van der Waals surface area contributed by atoms with Crippen molar-refractivity contribution in [2.24, 2.45) is 0 Å².